The van der Waals surface area contributed by atoms with Gasteiger partial charge < -0.3 is 4.74 Å². The van der Waals surface area contributed by atoms with Gasteiger partial charge in [-0.05, 0) is 42.7 Å². The minimum atomic E-state index is 0.215. The number of carbonyl (C=O) groups is 1. The van der Waals surface area contributed by atoms with Crippen LogP contribution in [0.4, 0.5) is 0 Å². The minimum absolute atomic E-state index is 0.215. The number of rotatable bonds is 6. The second-order valence-corrected chi connectivity index (χ2v) is 5.06. The van der Waals surface area contributed by atoms with E-state index in [0.29, 0.717) is 19.4 Å². The van der Waals surface area contributed by atoms with Crippen LogP contribution in [0, 0.1) is 13.8 Å². The number of hydrogen-bond acceptors (Lipinski definition) is 2. The summed E-state index contributed by atoms with van der Waals surface area (Å²) in [5, 5.41) is 0. The Morgan fingerprint density at radius 2 is 1.85 bits per heavy atom. The molecule has 0 spiro atoms. The van der Waals surface area contributed by atoms with Gasteiger partial charge in [-0.3, -0.25) is 4.79 Å². The summed E-state index contributed by atoms with van der Waals surface area (Å²) in [5.41, 5.74) is 3.43. The number of carbonyl (C=O) groups excluding carboxylic acids is 1. The Labute approximate surface area is 120 Å². The fraction of sp³-hybridized carbons (Fsp3) is 0.278. The maximum absolute atomic E-state index is 11.9. The van der Waals surface area contributed by atoms with Crippen molar-refractivity contribution in [2.75, 3.05) is 6.61 Å². The molecule has 0 saturated heterocycles. The average molecular weight is 268 g/mol. The summed E-state index contributed by atoms with van der Waals surface area (Å²) in [7, 11) is 0. The molecule has 0 unspecified atom stereocenters. The van der Waals surface area contributed by atoms with Gasteiger partial charge in [-0.25, -0.2) is 0 Å². The molecular formula is C18H20O2. The maximum Gasteiger partial charge on any atom is 0.140 e. The van der Waals surface area contributed by atoms with Crippen molar-refractivity contribution in [1.82, 2.24) is 0 Å². The topological polar surface area (TPSA) is 26.3 Å². The number of benzene rings is 2. The molecule has 0 amide bonds. The Morgan fingerprint density at radius 3 is 2.60 bits per heavy atom. The van der Waals surface area contributed by atoms with Gasteiger partial charge in [0, 0.05) is 12.8 Å². The van der Waals surface area contributed by atoms with Gasteiger partial charge in [-0.2, -0.15) is 0 Å². The van der Waals surface area contributed by atoms with Crippen molar-refractivity contribution < 1.29 is 9.53 Å². The first-order chi connectivity index (χ1) is 9.65. The Hall–Kier alpha value is -2.09. The van der Waals surface area contributed by atoms with Crippen molar-refractivity contribution in [1.29, 1.82) is 0 Å². The lowest BCUT2D eigenvalue weighted by atomic mass is 10.0. The van der Waals surface area contributed by atoms with Gasteiger partial charge >= 0.3 is 0 Å². The van der Waals surface area contributed by atoms with E-state index in [9.17, 15) is 4.79 Å². The highest BCUT2D eigenvalue weighted by molar-refractivity contribution is 5.81. The molecule has 2 aromatic carbocycles. The molecule has 0 heterocycles. The molecule has 2 heteroatoms. The van der Waals surface area contributed by atoms with Crippen molar-refractivity contribution in [2.24, 2.45) is 0 Å². The average Bonchev–Trinajstić information content (AvgIpc) is 2.41. The van der Waals surface area contributed by atoms with Crippen LogP contribution in [-0.2, 0) is 11.2 Å². The summed E-state index contributed by atoms with van der Waals surface area (Å²) < 4.78 is 5.60. The van der Waals surface area contributed by atoms with E-state index < -0.39 is 0 Å². The molecule has 0 N–H and O–H groups in total. The van der Waals surface area contributed by atoms with E-state index in [1.807, 2.05) is 62.4 Å². The second-order valence-electron chi connectivity index (χ2n) is 5.06. The minimum Gasteiger partial charge on any atom is -0.493 e. The van der Waals surface area contributed by atoms with Crippen molar-refractivity contribution in [3.05, 3.63) is 65.2 Å². The highest BCUT2D eigenvalue weighted by Crippen LogP contribution is 2.13. The lowest BCUT2D eigenvalue weighted by molar-refractivity contribution is -0.118. The fourth-order valence-corrected chi connectivity index (χ4v) is 2.10. The summed E-state index contributed by atoms with van der Waals surface area (Å²) in [6, 6.07) is 15.9. The zero-order valence-electron chi connectivity index (χ0n) is 12.1. The lowest BCUT2D eigenvalue weighted by Crippen LogP contribution is -2.09. The number of ether oxygens (including phenoxy) is 1. The van der Waals surface area contributed by atoms with Crippen LogP contribution in [0.2, 0.25) is 0 Å². The standard InChI is InChI=1S/C18H20O2/c1-14-6-5-9-18(12-14)20-11-10-17(19)13-16-8-4-3-7-15(16)2/h3-9,12H,10-11,13H2,1-2H3. The highest BCUT2D eigenvalue weighted by Gasteiger charge is 2.06. The Morgan fingerprint density at radius 1 is 1.05 bits per heavy atom. The first kappa shape index (κ1) is 14.3. The molecule has 0 atom stereocenters. The van der Waals surface area contributed by atoms with Crippen molar-refractivity contribution in [3.63, 3.8) is 0 Å². The highest BCUT2D eigenvalue weighted by atomic mass is 16.5. The molecule has 2 rings (SSSR count). The first-order valence-corrected chi connectivity index (χ1v) is 6.91. The van der Waals surface area contributed by atoms with Gasteiger partial charge in [0.1, 0.15) is 11.5 Å². The molecule has 0 aliphatic heterocycles. The SMILES string of the molecule is Cc1cccc(OCCC(=O)Cc2ccccc2C)c1. The molecule has 2 nitrogen and oxygen atoms in total. The molecule has 0 aromatic heterocycles. The van der Waals surface area contributed by atoms with Crippen molar-refractivity contribution in [2.45, 2.75) is 26.7 Å². The Balaban J connectivity index is 1.80. The van der Waals surface area contributed by atoms with E-state index >= 15 is 0 Å². The van der Waals surface area contributed by atoms with E-state index in [-0.39, 0.29) is 5.78 Å². The van der Waals surface area contributed by atoms with Gasteiger partial charge in [0.05, 0.1) is 6.61 Å². The third kappa shape index (κ3) is 4.23. The van der Waals surface area contributed by atoms with Crippen LogP contribution in [0.5, 0.6) is 5.75 Å². The molecule has 0 saturated carbocycles. The van der Waals surface area contributed by atoms with Gasteiger partial charge in [-0.15, -0.1) is 0 Å². The van der Waals surface area contributed by atoms with Gasteiger partial charge in [-0.1, -0.05) is 36.4 Å². The van der Waals surface area contributed by atoms with Gasteiger partial charge in [0.2, 0.25) is 0 Å². The molecule has 2 aromatic rings. The zero-order valence-corrected chi connectivity index (χ0v) is 12.1. The summed E-state index contributed by atoms with van der Waals surface area (Å²) in [6.07, 6.45) is 0.937. The predicted molar refractivity (Wildman–Crippen MR) is 81.2 cm³/mol. The number of Topliss-reactive ketones (excluding diaryl/α,β-unsaturated/α-hetero) is 1. The smallest absolute Gasteiger partial charge is 0.140 e. The number of ketones is 1. The van der Waals surface area contributed by atoms with Crippen LogP contribution < -0.4 is 4.74 Å². The van der Waals surface area contributed by atoms with Crippen molar-refractivity contribution in [3.8, 4) is 5.75 Å². The van der Waals surface area contributed by atoms with E-state index in [2.05, 4.69) is 0 Å². The molecule has 0 radical (unpaired) electrons. The molecule has 104 valence electrons. The summed E-state index contributed by atoms with van der Waals surface area (Å²) in [5.74, 6) is 1.04. The van der Waals surface area contributed by atoms with Crippen LogP contribution in [0.25, 0.3) is 0 Å². The Kier molecular flexibility index (Phi) is 4.94. The number of hydrogen-bond donors (Lipinski definition) is 0. The Bertz CT molecular complexity index is 587. The number of aryl methyl sites for hydroxylation is 2. The summed E-state index contributed by atoms with van der Waals surface area (Å²) >= 11 is 0. The van der Waals surface area contributed by atoms with Crippen LogP contribution in [0.1, 0.15) is 23.1 Å². The van der Waals surface area contributed by atoms with E-state index in [4.69, 9.17) is 4.74 Å². The third-order valence-electron chi connectivity index (χ3n) is 3.29. The van der Waals surface area contributed by atoms with Crippen LogP contribution >= 0.6 is 0 Å². The lowest BCUT2D eigenvalue weighted by Gasteiger charge is -2.07. The van der Waals surface area contributed by atoms with Crippen molar-refractivity contribution >= 4 is 5.78 Å². The molecule has 0 aliphatic carbocycles. The van der Waals surface area contributed by atoms with Gasteiger partial charge in [0.25, 0.3) is 0 Å². The van der Waals surface area contributed by atoms with E-state index in [1.54, 1.807) is 0 Å². The normalized spacial score (nSPS) is 10.3. The molecule has 0 fully saturated rings. The van der Waals surface area contributed by atoms with Gasteiger partial charge in [0.15, 0.2) is 0 Å². The molecule has 0 aliphatic rings. The second kappa shape index (κ2) is 6.90. The molecular weight excluding hydrogens is 248 g/mol. The largest absolute Gasteiger partial charge is 0.493 e. The van der Waals surface area contributed by atoms with Crippen LogP contribution in [0.15, 0.2) is 48.5 Å². The summed E-state index contributed by atoms with van der Waals surface area (Å²) in [6.45, 7) is 4.50. The van der Waals surface area contributed by atoms with E-state index in [1.165, 1.54) is 5.56 Å². The monoisotopic (exact) mass is 268 g/mol. The predicted octanol–water partition coefficient (Wildman–Crippen LogP) is 3.88. The van der Waals surface area contributed by atoms with E-state index in [0.717, 1.165) is 16.9 Å². The zero-order chi connectivity index (χ0) is 14.4. The quantitative estimate of drug-likeness (QED) is 0.794. The summed E-state index contributed by atoms with van der Waals surface area (Å²) in [4.78, 5) is 11.9. The van der Waals surface area contributed by atoms with Crippen LogP contribution in [-0.4, -0.2) is 12.4 Å². The third-order valence-corrected chi connectivity index (χ3v) is 3.29. The first-order valence-electron chi connectivity index (χ1n) is 6.91. The fourth-order valence-electron chi connectivity index (χ4n) is 2.10. The maximum atomic E-state index is 11.9. The molecule has 20 heavy (non-hydrogen) atoms. The van der Waals surface area contributed by atoms with Crippen LogP contribution in [0.3, 0.4) is 0 Å². The molecule has 0 bridgehead atoms.